The third kappa shape index (κ3) is 2.50. The number of hydrogen-bond donors (Lipinski definition) is 1. The van der Waals surface area contributed by atoms with Crippen LogP contribution >= 0.6 is 0 Å². The Hall–Kier alpha value is -1.78. The molecule has 0 saturated carbocycles. The van der Waals surface area contributed by atoms with E-state index in [9.17, 15) is 0 Å². The van der Waals surface area contributed by atoms with Gasteiger partial charge in [0.1, 0.15) is 6.33 Å². The number of aromatic nitrogens is 2. The quantitative estimate of drug-likeness (QED) is 0.911. The maximum atomic E-state index is 5.84. The van der Waals surface area contributed by atoms with Gasteiger partial charge in [-0.2, -0.15) is 0 Å². The lowest BCUT2D eigenvalue weighted by Gasteiger charge is -2.26. The topological polar surface area (TPSA) is 47.0 Å². The first-order valence-electron chi connectivity index (χ1n) is 6.54. The molecule has 19 heavy (non-hydrogen) atoms. The molecular formula is C15H17N3O. The Morgan fingerprint density at radius 3 is 3.11 bits per heavy atom. The Morgan fingerprint density at radius 1 is 1.37 bits per heavy atom. The highest BCUT2D eigenvalue weighted by molar-refractivity contribution is 5.61. The fourth-order valence-corrected chi connectivity index (χ4v) is 2.50. The molecule has 1 aliphatic rings. The van der Waals surface area contributed by atoms with Crippen LogP contribution in [0.15, 0.2) is 36.8 Å². The maximum Gasteiger partial charge on any atom is 0.116 e. The predicted molar refractivity (Wildman–Crippen MR) is 73.8 cm³/mol. The standard InChI is InChI=1S/C15H17N3O/c1-16-9-15-13-8-12(14-4-6-17-10-18-14)3-2-11(13)5-7-19-15/h2-4,6,8,10,15-16H,5,7,9H2,1H3. The summed E-state index contributed by atoms with van der Waals surface area (Å²) in [4.78, 5) is 8.26. The number of fused-ring (bicyclic) bond motifs is 1. The van der Waals surface area contributed by atoms with Gasteiger partial charge in [-0.3, -0.25) is 0 Å². The van der Waals surface area contributed by atoms with Crippen molar-refractivity contribution < 1.29 is 4.74 Å². The summed E-state index contributed by atoms with van der Waals surface area (Å²) in [5.41, 5.74) is 4.72. The van der Waals surface area contributed by atoms with Crippen molar-refractivity contribution >= 4 is 0 Å². The van der Waals surface area contributed by atoms with Crippen LogP contribution in [0.5, 0.6) is 0 Å². The summed E-state index contributed by atoms with van der Waals surface area (Å²) in [7, 11) is 1.95. The number of hydrogen-bond acceptors (Lipinski definition) is 4. The normalized spacial score (nSPS) is 18.1. The lowest BCUT2D eigenvalue weighted by molar-refractivity contribution is 0.0439. The Balaban J connectivity index is 2.00. The summed E-state index contributed by atoms with van der Waals surface area (Å²) in [6, 6.07) is 8.44. The number of nitrogens with zero attached hydrogens (tertiary/aromatic N) is 2. The third-order valence-corrected chi connectivity index (χ3v) is 3.45. The van der Waals surface area contributed by atoms with Crippen LogP contribution in [0.25, 0.3) is 11.3 Å². The van der Waals surface area contributed by atoms with Gasteiger partial charge in [0, 0.05) is 18.3 Å². The van der Waals surface area contributed by atoms with Crippen LogP contribution in [-0.2, 0) is 11.2 Å². The Bertz CT molecular complexity index is 557. The third-order valence-electron chi connectivity index (χ3n) is 3.45. The molecule has 1 unspecified atom stereocenters. The van der Waals surface area contributed by atoms with Crippen molar-refractivity contribution in [3.63, 3.8) is 0 Å². The minimum atomic E-state index is 0.135. The second-order valence-electron chi connectivity index (χ2n) is 4.68. The summed E-state index contributed by atoms with van der Waals surface area (Å²) in [5, 5.41) is 3.19. The molecule has 2 heterocycles. The van der Waals surface area contributed by atoms with E-state index in [1.54, 1.807) is 12.5 Å². The Labute approximate surface area is 112 Å². The molecule has 3 rings (SSSR count). The highest BCUT2D eigenvalue weighted by Crippen LogP contribution is 2.30. The summed E-state index contributed by atoms with van der Waals surface area (Å²) in [6.45, 7) is 1.63. The van der Waals surface area contributed by atoms with E-state index in [0.29, 0.717) is 0 Å². The van der Waals surface area contributed by atoms with Gasteiger partial charge in [-0.15, -0.1) is 0 Å². The predicted octanol–water partition coefficient (Wildman–Crippen LogP) is 1.98. The zero-order chi connectivity index (χ0) is 13.1. The van der Waals surface area contributed by atoms with Gasteiger partial charge in [-0.25, -0.2) is 9.97 Å². The number of likely N-dealkylation sites (N-methyl/N-ethyl adjacent to an activating group) is 1. The molecule has 0 bridgehead atoms. The molecule has 0 aliphatic carbocycles. The van der Waals surface area contributed by atoms with Gasteiger partial charge in [0.05, 0.1) is 18.4 Å². The Morgan fingerprint density at radius 2 is 2.32 bits per heavy atom. The van der Waals surface area contributed by atoms with Crippen LogP contribution in [0.3, 0.4) is 0 Å². The van der Waals surface area contributed by atoms with Crippen molar-refractivity contribution in [1.29, 1.82) is 0 Å². The van der Waals surface area contributed by atoms with Crippen LogP contribution in [-0.4, -0.2) is 30.2 Å². The van der Waals surface area contributed by atoms with Crippen molar-refractivity contribution in [3.05, 3.63) is 47.9 Å². The van der Waals surface area contributed by atoms with E-state index in [-0.39, 0.29) is 6.10 Å². The van der Waals surface area contributed by atoms with Gasteiger partial charge >= 0.3 is 0 Å². The molecule has 0 amide bonds. The largest absolute Gasteiger partial charge is 0.372 e. The van der Waals surface area contributed by atoms with Gasteiger partial charge in [0.2, 0.25) is 0 Å². The van der Waals surface area contributed by atoms with Gasteiger partial charge < -0.3 is 10.1 Å². The van der Waals surface area contributed by atoms with Gasteiger partial charge in [0.15, 0.2) is 0 Å². The molecule has 4 heteroatoms. The molecule has 0 radical (unpaired) electrons. The molecular weight excluding hydrogens is 238 g/mol. The smallest absolute Gasteiger partial charge is 0.116 e. The molecule has 1 aromatic carbocycles. The zero-order valence-electron chi connectivity index (χ0n) is 11.0. The molecule has 0 saturated heterocycles. The summed E-state index contributed by atoms with van der Waals surface area (Å²) >= 11 is 0. The number of ether oxygens (including phenoxy) is 1. The fraction of sp³-hybridized carbons (Fsp3) is 0.333. The van der Waals surface area contributed by atoms with Crippen LogP contribution < -0.4 is 5.32 Å². The van der Waals surface area contributed by atoms with Crippen LogP contribution in [0.2, 0.25) is 0 Å². The van der Waals surface area contributed by atoms with Crippen molar-refractivity contribution in [2.75, 3.05) is 20.2 Å². The van der Waals surface area contributed by atoms with E-state index in [1.165, 1.54) is 11.1 Å². The van der Waals surface area contributed by atoms with E-state index in [2.05, 4.69) is 33.5 Å². The summed E-state index contributed by atoms with van der Waals surface area (Å²) in [6.07, 6.45) is 4.47. The van der Waals surface area contributed by atoms with Crippen molar-refractivity contribution in [2.45, 2.75) is 12.5 Å². The van der Waals surface area contributed by atoms with E-state index in [1.807, 2.05) is 13.1 Å². The highest BCUT2D eigenvalue weighted by Gasteiger charge is 2.20. The number of rotatable bonds is 3. The lowest BCUT2D eigenvalue weighted by atomic mass is 9.94. The van der Waals surface area contributed by atoms with Crippen LogP contribution in [0.1, 0.15) is 17.2 Å². The average molecular weight is 255 g/mol. The maximum absolute atomic E-state index is 5.84. The van der Waals surface area contributed by atoms with Crippen molar-refractivity contribution in [2.24, 2.45) is 0 Å². The molecule has 1 atom stereocenters. The molecule has 98 valence electrons. The Kier molecular flexibility index (Phi) is 3.53. The molecule has 1 aromatic heterocycles. The molecule has 4 nitrogen and oxygen atoms in total. The second-order valence-corrected chi connectivity index (χ2v) is 4.68. The first kappa shape index (κ1) is 12.3. The van der Waals surface area contributed by atoms with E-state index in [4.69, 9.17) is 4.74 Å². The first-order chi connectivity index (χ1) is 9.38. The molecule has 1 aliphatic heterocycles. The minimum absolute atomic E-state index is 0.135. The van der Waals surface area contributed by atoms with Gasteiger partial charge in [-0.1, -0.05) is 12.1 Å². The average Bonchev–Trinajstić information content (AvgIpc) is 2.48. The van der Waals surface area contributed by atoms with E-state index < -0.39 is 0 Å². The summed E-state index contributed by atoms with van der Waals surface area (Å²) in [5.74, 6) is 0. The second kappa shape index (κ2) is 5.47. The molecule has 0 fully saturated rings. The van der Waals surface area contributed by atoms with E-state index >= 15 is 0 Å². The zero-order valence-corrected chi connectivity index (χ0v) is 11.0. The van der Waals surface area contributed by atoms with Gasteiger partial charge in [-0.05, 0) is 36.7 Å². The molecule has 0 spiro atoms. The number of benzene rings is 1. The van der Waals surface area contributed by atoms with Crippen LogP contribution in [0.4, 0.5) is 0 Å². The number of nitrogens with one attached hydrogen (secondary N) is 1. The van der Waals surface area contributed by atoms with Crippen LogP contribution in [0, 0.1) is 0 Å². The molecule has 2 aromatic rings. The molecule has 1 N–H and O–H groups in total. The lowest BCUT2D eigenvalue weighted by Crippen LogP contribution is -2.25. The minimum Gasteiger partial charge on any atom is -0.372 e. The van der Waals surface area contributed by atoms with E-state index in [0.717, 1.165) is 30.8 Å². The highest BCUT2D eigenvalue weighted by atomic mass is 16.5. The monoisotopic (exact) mass is 255 g/mol. The van der Waals surface area contributed by atoms with Crippen molar-refractivity contribution in [1.82, 2.24) is 15.3 Å². The first-order valence-corrected chi connectivity index (χ1v) is 6.54. The van der Waals surface area contributed by atoms with Gasteiger partial charge in [0.25, 0.3) is 0 Å². The fourth-order valence-electron chi connectivity index (χ4n) is 2.50. The van der Waals surface area contributed by atoms with Crippen molar-refractivity contribution in [3.8, 4) is 11.3 Å². The summed E-state index contributed by atoms with van der Waals surface area (Å²) < 4.78 is 5.84. The SMILES string of the molecule is CNCC1OCCc2ccc(-c3ccncn3)cc21.